The van der Waals surface area contributed by atoms with E-state index in [-0.39, 0.29) is 0 Å². The van der Waals surface area contributed by atoms with E-state index in [2.05, 4.69) is 10.3 Å². The molecule has 2 rings (SSSR count). The van der Waals surface area contributed by atoms with Gasteiger partial charge in [0.1, 0.15) is 11.6 Å². The molecule has 0 saturated carbocycles. The van der Waals surface area contributed by atoms with Crippen molar-refractivity contribution in [2.24, 2.45) is 0 Å². The molecule has 0 aliphatic heterocycles. The Balaban J connectivity index is 2.31. The van der Waals surface area contributed by atoms with Gasteiger partial charge in [-0.25, -0.2) is 4.98 Å². The monoisotopic (exact) mass is 253 g/mol. The summed E-state index contributed by atoms with van der Waals surface area (Å²) in [5, 5.41) is 4.01. The van der Waals surface area contributed by atoms with Crippen molar-refractivity contribution in [3.63, 3.8) is 0 Å². The van der Waals surface area contributed by atoms with Gasteiger partial charge in [0.05, 0.1) is 15.7 Å². The fraction of sp³-hybridized carbons (Fsp3) is 0. The van der Waals surface area contributed by atoms with E-state index in [1.54, 1.807) is 18.2 Å². The predicted molar refractivity (Wildman–Crippen MR) is 68.4 cm³/mol. The Kier molecular flexibility index (Phi) is 3.17. The second-order valence-electron chi connectivity index (χ2n) is 3.17. The van der Waals surface area contributed by atoms with Gasteiger partial charge in [0.15, 0.2) is 0 Å². The zero-order chi connectivity index (χ0) is 11.5. The summed E-state index contributed by atoms with van der Waals surface area (Å²) < 4.78 is 0. The number of nitrogens with two attached hydrogens (primary N) is 1. The lowest BCUT2D eigenvalue weighted by atomic mass is 10.3. The number of pyridine rings is 1. The number of aromatic nitrogens is 1. The lowest BCUT2D eigenvalue weighted by Crippen LogP contribution is -1.97. The quantitative estimate of drug-likeness (QED) is 0.858. The van der Waals surface area contributed by atoms with Crippen LogP contribution in [0.1, 0.15) is 0 Å². The SMILES string of the molecule is Nc1cccc(Nc2cccc(Cl)c2Cl)n1. The Morgan fingerprint density at radius 3 is 2.56 bits per heavy atom. The number of hydrogen-bond acceptors (Lipinski definition) is 3. The van der Waals surface area contributed by atoms with Crippen molar-refractivity contribution in [3.05, 3.63) is 46.4 Å². The van der Waals surface area contributed by atoms with Crippen LogP contribution in [0.25, 0.3) is 0 Å². The summed E-state index contributed by atoms with van der Waals surface area (Å²) in [6.07, 6.45) is 0. The van der Waals surface area contributed by atoms with E-state index in [1.807, 2.05) is 18.2 Å². The molecule has 1 aromatic carbocycles. The lowest BCUT2D eigenvalue weighted by molar-refractivity contribution is 1.32. The van der Waals surface area contributed by atoms with Gasteiger partial charge in [0.2, 0.25) is 0 Å². The summed E-state index contributed by atoms with van der Waals surface area (Å²) in [6, 6.07) is 10.7. The van der Waals surface area contributed by atoms with Gasteiger partial charge >= 0.3 is 0 Å². The minimum atomic E-state index is 0.447. The number of anilines is 3. The fourth-order valence-corrected chi connectivity index (χ4v) is 1.61. The van der Waals surface area contributed by atoms with E-state index >= 15 is 0 Å². The third-order valence-electron chi connectivity index (χ3n) is 1.98. The first-order chi connectivity index (χ1) is 7.66. The molecule has 0 fully saturated rings. The van der Waals surface area contributed by atoms with Gasteiger partial charge in [-0.15, -0.1) is 0 Å². The Labute approximate surface area is 103 Å². The summed E-state index contributed by atoms with van der Waals surface area (Å²) in [5.74, 6) is 1.08. The van der Waals surface area contributed by atoms with Gasteiger partial charge in [-0.2, -0.15) is 0 Å². The molecule has 0 amide bonds. The smallest absolute Gasteiger partial charge is 0.132 e. The van der Waals surface area contributed by atoms with E-state index in [4.69, 9.17) is 28.9 Å². The molecule has 0 bridgehead atoms. The maximum absolute atomic E-state index is 6.03. The summed E-state index contributed by atoms with van der Waals surface area (Å²) in [7, 11) is 0. The molecular weight excluding hydrogens is 245 g/mol. The molecule has 16 heavy (non-hydrogen) atoms. The van der Waals surface area contributed by atoms with Crippen molar-refractivity contribution in [1.82, 2.24) is 4.98 Å². The third kappa shape index (κ3) is 2.38. The Bertz CT molecular complexity index is 514. The van der Waals surface area contributed by atoms with E-state index in [0.29, 0.717) is 27.4 Å². The van der Waals surface area contributed by atoms with Crippen LogP contribution in [0.4, 0.5) is 17.3 Å². The second-order valence-corrected chi connectivity index (χ2v) is 3.96. The molecule has 0 atom stereocenters. The van der Waals surface area contributed by atoms with Crippen molar-refractivity contribution in [3.8, 4) is 0 Å². The van der Waals surface area contributed by atoms with Gasteiger partial charge < -0.3 is 11.1 Å². The molecule has 3 nitrogen and oxygen atoms in total. The number of hydrogen-bond donors (Lipinski definition) is 2. The van der Waals surface area contributed by atoms with Crippen LogP contribution in [0.2, 0.25) is 10.0 Å². The molecular formula is C11H9Cl2N3. The molecule has 0 radical (unpaired) electrons. The summed E-state index contributed by atoms with van der Waals surface area (Å²) in [6.45, 7) is 0. The number of rotatable bonds is 2. The van der Waals surface area contributed by atoms with Crippen LogP contribution in [0.5, 0.6) is 0 Å². The zero-order valence-electron chi connectivity index (χ0n) is 8.24. The van der Waals surface area contributed by atoms with Crippen LogP contribution >= 0.6 is 23.2 Å². The average molecular weight is 254 g/mol. The Morgan fingerprint density at radius 1 is 1.06 bits per heavy atom. The highest BCUT2D eigenvalue weighted by atomic mass is 35.5. The van der Waals surface area contributed by atoms with E-state index in [0.717, 1.165) is 0 Å². The zero-order valence-corrected chi connectivity index (χ0v) is 9.76. The second kappa shape index (κ2) is 4.60. The molecule has 0 saturated heterocycles. The van der Waals surface area contributed by atoms with Crippen molar-refractivity contribution in [2.75, 3.05) is 11.1 Å². The number of nitrogen functional groups attached to an aromatic ring is 1. The highest BCUT2D eigenvalue weighted by Crippen LogP contribution is 2.31. The van der Waals surface area contributed by atoms with Crippen molar-refractivity contribution < 1.29 is 0 Å². The first-order valence-corrected chi connectivity index (χ1v) is 5.36. The van der Waals surface area contributed by atoms with Gasteiger partial charge in [-0.1, -0.05) is 35.3 Å². The molecule has 1 heterocycles. The molecule has 1 aromatic heterocycles. The molecule has 3 N–H and O–H groups in total. The van der Waals surface area contributed by atoms with Gasteiger partial charge in [0, 0.05) is 0 Å². The Hall–Kier alpha value is -1.45. The molecule has 0 aliphatic rings. The maximum Gasteiger partial charge on any atom is 0.132 e. The number of nitrogens with zero attached hydrogens (tertiary/aromatic N) is 1. The maximum atomic E-state index is 6.03. The Morgan fingerprint density at radius 2 is 1.81 bits per heavy atom. The minimum absolute atomic E-state index is 0.447. The van der Waals surface area contributed by atoms with E-state index in [1.165, 1.54) is 0 Å². The molecule has 2 aromatic rings. The molecule has 5 heteroatoms. The summed E-state index contributed by atoms with van der Waals surface area (Å²) >= 11 is 11.9. The fourth-order valence-electron chi connectivity index (χ4n) is 1.26. The summed E-state index contributed by atoms with van der Waals surface area (Å²) in [4.78, 5) is 4.10. The number of halogens is 2. The van der Waals surface area contributed by atoms with Crippen LogP contribution in [0, 0.1) is 0 Å². The largest absolute Gasteiger partial charge is 0.384 e. The topological polar surface area (TPSA) is 50.9 Å². The average Bonchev–Trinajstić information content (AvgIpc) is 2.25. The van der Waals surface area contributed by atoms with E-state index in [9.17, 15) is 0 Å². The normalized spacial score (nSPS) is 10.1. The molecule has 0 unspecified atom stereocenters. The predicted octanol–water partition coefficient (Wildman–Crippen LogP) is 3.71. The van der Waals surface area contributed by atoms with Gasteiger partial charge in [-0.3, -0.25) is 0 Å². The lowest BCUT2D eigenvalue weighted by Gasteiger charge is -2.08. The van der Waals surface area contributed by atoms with E-state index < -0.39 is 0 Å². The highest BCUT2D eigenvalue weighted by Gasteiger charge is 2.04. The first-order valence-electron chi connectivity index (χ1n) is 4.60. The van der Waals surface area contributed by atoms with Crippen LogP contribution in [-0.4, -0.2) is 4.98 Å². The minimum Gasteiger partial charge on any atom is -0.384 e. The third-order valence-corrected chi connectivity index (χ3v) is 2.80. The van der Waals surface area contributed by atoms with Crippen molar-refractivity contribution >= 4 is 40.5 Å². The van der Waals surface area contributed by atoms with Crippen molar-refractivity contribution in [1.29, 1.82) is 0 Å². The number of benzene rings is 1. The molecule has 0 aliphatic carbocycles. The summed E-state index contributed by atoms with van der Waals surface area (Å²) in [5.41, 5.74) is 6.27. The van der Waals surface area contributed by atoms with Crippen molar-refractivity contribution in [2.45, 2.75) is 0 Å². The molecule has 0 spiro atoms. The van der Waals surface area contributed by atoms with Crippen LogP contribution in [-0.2, 0) is 0 Å². The van der Waals surface area contributed by atoms with Crippen LogP contribution < -0.4 is 11.1 Å². The molecule has 82 valence electrons. The standard InChI is InChI=1S/C11H9Cl2N3/c12-7-3-1-4-8(11(7)13)15-10-6-2-5-9(14)16-10/h1-6H,(H3,14,15,16). The van der Waals surface area contributed by atoms with Crippen LogP contribution in [0.3, 0.4) is 0 Å². The van der Waals surface area contributed by atoms with Gasteiger partial charge in [-0.05, 0) is 24.3 Å². The number of nitrogens with one attached hydrogen (secondary N) is 1. The highest BCUT2D eigenvalue weighted by molar-refractivity contribution is 6.43. The first kappa shape index (κ1) is 11.0. The van der Waals surface area contributed by atoms with Crippen LogP contribution in [0.15, 0.2) is 36.4 Å². The van der Waals surface area contributed by atoms with Gasteiger partial charge in [0.25, 0.3) is 0 Å².